The van der Waals surface area contributed by atoms with E-state index in [0.29, 0.717) is 12.2 Å². The van der Waals surface area contributed by atoms with E-state index in [1.807, 2.05) is 77.9 Å². The molecule has 2 amide bonds. The highest BCUT2D eigenvalue weighted by Crippen LogP contribution is 2.28. The number of nitrogens with zero attached hydrogens (tertiary/aromatic N) is 2. The second-order valence-corrected chi connectivity index (χ2v) is 12.8. The van der Waals surface area contributed by atoms with Gasteiger partial charge in [0.2, 0.25) is 11.8 Å². The van der Waals surface area contributed by atoms with Crippen molar-refractivity contribution < 1.29 is 18.0 Å². The molecule has 0 radical (unpaired) electrons. The number of aryl methyl sites for hydroxylation is 4. The second kappa shape index (κ2) is 13.1. The van der Waals surface area contributed by atoms with E-state index in [-0.39, 0.29) is 23.3 Å². The molecule has 1 N–H and O–H groups in total. The highest BCUT2D eigenvalue weighted by Gasteiger charge is 2.33. The maximum absolute atomic E-state index is 14.1. The average Bonchev–Trinajstić information content (AvgIpc) is 2.89. The number of amides is 2. The summed E-state index contributed by atoms with van der Waals surface area (Å²) < 4.78 is 29.2. The number of nitrogens with one attached hydrogen (secondary N) is 1. The third-order valence-corrected chi connectivity index (χ3v) is 8.57. The Morgan fingerprint density at radius 3 is 2.05 bits per heavy atom. The standard InChI is InChI=1S/C32H41N3O4S/c1-22(2)19-33-32(37)27(7)34(20-28-10-8-9-24(4)18-28)31(36)21-35(30-16-13-25(5)17-26(30)6)40(38,39)29-14-11-23(3)12-15-29/h8-18,22,27H,19-21H2,1-7H3,(H,33,37). The van der Waals surface area contributed by atoms with E-state index in [0.717, 1.165) is 32.1 Å². The summed E-state index contributed by atoms with van der Waals surface area (Å²) in [5.74, 6) is -0.504. The highest BCUT2D eigenvalue weighted by atomic mass is 32.2. The lowest BCUT2D eigenvalue weighted by molar-refractivity contribution is -0.139. The number of hydrogen-bond donors (Lipinski definition) is 1. The summed E-state index contributed by atoms with van der Waals surface area (Å²) in [4.78, 5) is 28.7. The first kappa shape index (κ1) is 30.9. The first-order chi connectivity index (χ1) is 18.8. The van der Waals surface area contributed by atoms with E-state index in [4.69, 9.17) is 0 Å². The zero-order chi connectivity index (χ0) is 29.6. The Labute approximate surface area is 239 Å². The van der Waals surface area contributed by atoms with Gasteiger partial charge in [-0.2, -0.15) is 0 Å². The summed E-state index contributed by atoms with van der Waals surface area (Å²) in [5.41, 5.74) is 4.95. The quantitative estimate of drug-likeness (QED) is 0.343. The second-order valence-electron chi connectivity index (χ2n) is 10.9. The lowest BCUT2D eigenvalue weighted by Crippen LogP contribution is -2.51. The normalized spacial score (nSPS) is 12.2. The summed E-state index contributed by atoms with van der Waals surface area (Å²) in [5, 5.41) is 2.91. The van der Waals surface area contributed by atoms with Crippen LogP contribution < -0.4 is 9.62 Å². The largest absolute Gasteiger partial charge is 0.354 e. The van der Waals surface area contributed by atoms with Crippen LogP contribution in [0.25, 0.3) is 0 Å². The summed E-state index contributed by atoms with van der Waals surface area (Å²) in [6, 6.07) is 19.0. The van der Waals surface area contributed by atoms with E-state index in [9.17, 15) is 18.0 Å². The Balaban J connectivity index is 2.05. The van der Waals surface area contributed by atoms with E-state index in [2.05, 4.69) is 5.32 Å². The van der Waals surface area contributed by atoms with Crippen LogP contribution >= 0.6 is 0 Å². The molecule has 8 heteroatoms. The molecule has 0 aliphatic carbocycles. The van der Waals surface area contributed by atoms with E-state index >= 15 is 0 Å². The molecular weight excluding hydrogens is 522 g/mol. The molecule has 1 atom stereocenters. The molecule has 0 heterocycles. The van der Waals surface area contributed by atoms with Gasteiger partial charge in [-0.1, -0.05) is 79.1 Å². The molecular formula is C32H41N3O4S. The molecule has 3 aromatic rings. The zero-order valence-electron chi connectivity index (χ0n) is 24.6. The number of carbonyl (C=O) groups is 2. The third kappa shape index (κ3) is 7.72. The summed E-state index contributed by atoms with van der Waals surface area (Å²) in [6.45, 7) is 13.5. The Kier molecular flexibility index (Phi) is 10.1. The van der Waals surface area contributed by atoms with Gasteiger partial charge in [0.25, 0.3) is 10.0 Å². The fraction of sp³-hybridized carbons (Fsp3) is 0.375. The lowest BCUT2D eigenvalue weighted by atomic mass is 10.1. The molecule has 40 heavy (non-hydrogen) atoms. The van der Waals surface area contributed by atoms with Gasteiger partial charge in [-0.05, 0) is 69.9 Å². The predicted octanol–water partition coefficient (Wildman–Crippen LogP) is 5.31. The van der Waals surface area contributed by atoms with E-state index in [1.54, 1.807) is 37.3 Å². The molecule has 0 bridgehead atoms. The van der Waals surface area contributed by atoms with Crippen molar-refractivity contribution in [3.63, 3.8) is 0 Å². The minimum Gasteiger partial charge on any atom is -0.354 e. The van der Waals surface area contributed by atoms with Gasteiger partial charge in [0.05, 0.1) is 10.6 Å². The lowest BCUT2D eigenvalue weighted by Gasteiger charge is -2.32. The minimum absolute atomic E-state index is 0.0961. The van der Waals surface area contributed by atoms with Gasteiger partial charge in [0.15, 0.2) is 0 Å². The Morgan fingerprint density at radius 2 is 1.45 bits per heavy atom. The maximum Gasteiger partial charge on any atom is 0.264 e. The summed E-state index contributed by atoms with van der Waals surface area (Å²) in [6.07, 6.45) is 0. The molecule has 0 aliphatic heterocycles. The fourth-order valence-electron chi connectivity index (χ4n) is 4.48. The van der Waals surface area contributed by atoms with Crippen molar-refractivity contribution >= 4 is 27.5 Å². The number of anilines is 1. The molecule has 3 rings (SSSR count). The van der Waals surface area contributed by atoms with E-state index in [1.165, 1.54) is 4.90 Å². The molecule has 0 spiro atoms. The first-order valence-corrected chi connectivity index (χ1v) is 15.0. The van der Waals surface area contributed by atoms with Crippen LogP contribution in [0.3, 0.4) is 0 Å². The number of carbonyl (C=O) groups excluding carboxylic acids is 2. The maximum atomic E-state index is 14.1. The van der Waals surface area contributed by atoms with Crippen LogP contribution in [-0.2, 0) is 26.2 Å². The van der Waals surface area contributed by atoms with Crippen molar-refractivity contribution in [3.8, 4) is 0 Å². The number of benzene rings is 3. The first-order valence-electron chi connectivity index (χ1n) is 13.6. The molecule has 0 aliphatic rings. The highest BCUT2D eigenvalue weighted by molar-refractivity contribution is 7.92. The molecule has 0 saturated carbocycles. The smallest absolute Gasteiger partial charge is 0.264 e. The number of sulfonamides is 1. The van der Waals surface area contributed by atoms with Crippen LogP contribution in [0.1, 0.15) is 48.6 Å². The third-order valence-electron chi connectivity index (χ3n) is 6.80. The van der Waals surface area contributed by atoms with Gasteiger partial charge < -0.3 is 10.2 Å². The van der Waals surface area contributed by atoms with Gasteiger partial charge in [-0.15, -0.1) is 0 Å². The SMILES string of the molecule is Cc1ccc(S(=O)(=O)N(CC(=O)N(Cc2cccc(C)c2)C(C)C(=O)NCC(C)C)c2ccc(C)cc2C)cc1. The molecule has 0 aromatic heterocycles. The Hall–Kier alpha value is -3.65. The van der Waals surface area contributed by atoms with Crippen LogP contribution in [0.15, 0.2) is 71.6 Å². The number of rotatable bonds is 11. The topological polar surface area (TPSA) is 86.8 Å². The van der Waals surface area contributed by atoms with Crippen LogP contribution in [0, 0.1) is 33.6 Å². The average molecular weight is 564 g/mol. The van der Waals surface area contributed by atoms with Crippen molar-refractivity contribution in [3.05, 3.63) is 94.5 Å². The van der Waals surface area contributed by atoms with Crippen molar-refractivity contribution in [1.29, 1.82) is 0 Å². The summed E-state index contributed by atoms with van der Waals surface area (Å²) in [7, 11) is -4.10. The molecule has 0 saturated heterocycles. The van der Waals surface area contributed by atoms with Gasteiger partial charge in [0, 0.05) is 13.1 Å². The predicted molar refractivity (Wildman–Crippen MR) is 161 cm³/mol. The monoisotopic (exact) mass is 563 g/mol. The Bertz CT molecular complexity index is 1450. The van der Waals surface area contributed by atoms with Crippen LogP contribution in [0.5, 0.6) is 0 Å². The van der Waals surface area contributed by atoms with Gasteiger partial charge in [-0.3, -0.25) is 13.9 Å². The van der Waals surface area contributed by atoms with Gasteiger partial charge in [0.1, 0.15) is 12.6 Å². The van der Waals surface area contributed by atoms with Gasteiger partial charge >= 0.3 is 0 Å². The fourth-order valence-corrected chi connectivity index (χ4v) is 5.96. The van der Waals surface area contributed by atoms with E-state index < -0.39 is 28.5 Å². The van der Waals surface area contributed by atoms with Crippen LogP contribution in [-0.4, -0.2) is 44.3 Å². The zero-order valence-corrected chi connectivity index (χ0v) is 25.4. The van der Waals surface area contributed by atoms with Crippen molar-refractivity contribution in [1.82, 2.24) is 10.2 Å². The van der Waals surface area contributed by atoms with Gasteiger partial charge in [-0.25, -0.2) is 8.42 Å². The number of hydrogen-bond acceptors (Lipinski definition) is 4. The Morgan fingerprint density at radius 1 is 0.825 bits per heavy atom. The molecule has 0 fully saturated rings. The minimum atomic E-state index is -4.10. The molecule has 214 valence electrons. The van der Waals surface area contributed by atoms with Crippen molar-refractivity contribution in [2.75, 3.05) is 17.4 Å². The van der Waals surface area contributed by atoms with Crippen molar-refractivity contribution in [2.45, 2.75) is 65.9 Å². The molecule has 3 aromatic carbocycles. The van der Waals surface area contributed by atoms with Crippen LogP contribution in [0.2, 0.25) is 0 Å². The summed E-state index contributed by atoms with van der Waals surface area (Å²) >= 11 is 0. The molecule has 1 unspecified atom stereocenters. The molecule has 7 nitrogen and oxygen atoms in total. The van der Waals surface area contributed by atoms with Crippen molar-refractivity contribution in [2.24, 2.45) is 5.92 Å². The van der Waals surface area contributed by atoms with Crippen LogP contribution in [0.4, 0.5) is 5.69 Å².